The third-order valence-corrected chi connectivity index (χ3v) is 3.83. The molecular formula is C10H12BrNO3S. The highest BCUT2D eigenvalue weighted by atomic mass is 79.9. The zero-order chi connectivity index (χ0) is 12.3. The molecule has 0 radical (unpaired) electrons. The maximum absolute atomic E-state index is 11.8. The Kier molecular flexibility index (Phi) is 4.23. The molecule has 0 unspecified atom stereocenters. The molecule has 0 saturated carbocycles. The third kappa shape index (κ3) is 2.90. The quantitative estimate of drug-likeness (QED) is 0.853. The van der Waals surface area contributed by atoms with Crippen LogP contribution < -0.4 is 5.73 Å². The summed E-state index contributed by atoms with van der Waals surface area (Å²) in [6, 6.07) is 4.64. The van der Waals surface area contributed by atoms with Gasteiger partial charge in [-0.15, -0.1) is 0 Å². The van der Waals surface area contributed by atoms with Gasteiger partial charge in [0.1, 0.15) is 0 Å². The maximum atomic E-state index is 11.8. The second kappa shape index (κ2) is 5.07. The van der Waals surface area contributed by atoms with Gasteiger partial charge in [0.25, 0.3) is 0 Å². The summed E-state index contributed by atoms with van der Waals surface area (Å²) in [5.74, 6) is -0.268. The Morgan fingerprint density at radius 1 is 1.44 bits per heavy atom. The fraction of sp³-hybridized carbons (Fsp3) is 0.300. The molecule has 0 bridgehead atoms. The minimum atomic E-state index is -3.41. The fourth-order valence-electron chi connectivity index (χ4n) is 1.34. The van der Waals surface area contributed by atoms with Crippen LogP contribution in [0.2, 0.25) is 0 Å². The Morgan fingerprint density at radius 3 is 2.56 bits per heavy atom. The van der Waals surface area contributed by atoms with Gasteiger partial charge >= 0.3 is 0 Å². The molecule has 1 rings (SSSR count). The number of halogens is 1. The summed E-state index contributed by atoms with van der Waals surface area (Å²) in [5.41, 5.74) is 5.48. The lowest BCUT2D eigenvalue weighted by atomic mass is 10.1. The van der Waals surface area contributed by atoms with Crippen LogP contribution in [-0.2, 0) is 9.84 Å². The van der Waals surface area contributed by atoms with E-state index in [9.17, 15) is 13.2 Å². The molecule has 16 heavy (non-hydrogen) atoms. The molecule has 0 fully saturated rings. The molecule has 1 aromatic carbocycles. The van der Waals surface area contributed by atoms with Crippen LogP contribution in [0.15, 0.2) is 27.6 Å². The molecule has 0 amide bonds. The van der Waals surface area contributed by atoms with Crippen molar-refractivity contribution in [1.82, 2.24) is 0 Å². The SMILES string of the molecule is CS(=O)(=O)c1cccc(Br)c1C(=O)CCN. The first-order valence-electron chi connectivity index (χ1n) is 4.59. The molecule has 0 spiro atoms. The molecule has 4 nitrogen and oxygen atoms in total. The second-order valence-corrected chi connectivity index (χ2v) is 6.19. The molecule has 2 N–H and O–H groups in total. The number of carbonyl (C=O) groups is 1. The Hall–Kier alpha value is -0.720. The largest absolute Gasteiger partial charge is 0.330 e. The minimum Gasteiger partial charge on any atom is -0.330 e. The van der Waals surface area contributed by atoms with Crippen molar-refractivity contribution in [2.45, 2.75) is 11.3 Å². The van der Waals surface area contributed by atoms with E-state index in [-0.39, 0.29) is 29.2 Å². The first-order chi connectivity index (χ1) is 7.38. The lowest BCUT2D eigenvalue weighted by Gasteiger charge is -2.08. The van der Waals surface area contributed by atoms with Crippen LogP contribution in [0, 0.1) is 0 Å². The summed E-state index contributed by atoms with van der Waals surface area (Å²) in [4.78, 5) is 11.8. The molecule has 0 heterocycles. The number of rotatable bonds is 4. The van der Waals surface area contributed by atoms with E-state index in [2.05, 4.69) is 15.9 Å². The molecule has 1 aromatic rings. The first kappa shape index (κ1) is 13.3. The van der Waals surface area contributed by atoms with E-state index in [0.29, 0.717) is 4.47 Å². The van der Waals surface area contributed by atoms with Crippen molar-refractivity contribution >= 4 is 31.6 Å². The van der Waals surface area contributed by atoms with Gasteiger partial charge in [0.05, 0.1) is 10.5 Å². The fourth-order valence-corrected chi connectivity index (χ4v) is 2.98. The van der Waals surface area contributed by atoms with Crippen molar-refractivity contribution in [3.8, 4) is 0 Å². The molecule has 0 aromatic heterocycles. The van der Waals surface area contributed by atoms with Gasteiger partial charge in [0.15, 0.2) is 15.6 Å². The molecule has 0 aliphatic carbocycles. The smallest absolute Gasteiger partial charge is 0.176 e. The van der Waals surface area contributed by atoms with Gasteiger partial charge in [-0.2, -0.15) is 0 Å². The van der Waals surface area contributed by atoms with Crippen LogP contribution in [-0.4, -0.2) is 27.0 Å². The molecule has 0 atom stereocenters. The normalized spacial score (nSPS) is 11.4. The summed E-state index contributed by atoms with van der Waals surface area (Å²) >= 11 is 3.18. The predicted octanol–water partition coefficient (Wildman–Crippen LogP) is 1.38. The van der Waals surface area contributed by atoms with E-state index in [0.717, 1.165) is 6.26 Å². The molecular weight excluding hydrogens is 294 g/mol. The summed E-state index contributed by atoms with van der Waals surface area (Å²) in [5, 5.41) is 0. The van der Waals surface area contributed by atoms with Crippen LogP contribution in [0.4, 0.5) is 0 Å². The molecule has 0 saturated heterocycles. The van der Waals surface area contributed by atoms with Crippen molar-refractivity contribution in [1.29, 1.82) is 0 Å². The monoisotopic (exact) mass is 305 g/mol. The van der Waals surface area contributed by atoms with Gasteiger partial charge in [-0.25, -0.2) is 8.42 Å². The number of carbonyl (C=O) groups excluding carboxylic acids is 1. The maximum Gasteiger partial charge on any atom is 0.176 e. The molecule has 0 aliphatic rings. The van der Waals surface area contributed by atoms with Crippen molar-refractivity contribution in [3.63, 3.8) is 0 Å². The lowest BCUT2D eigenvalue weighted by molar-refractivity contribution is 0.0981. The number of nitrogens with two attached hydrogens (primary N) is 1. The number of hydrogen-bond donors (Lipinski definition) is 1. The zero-order valence-electron chi connectivity index (χ0n) is 8.73. The van der Waals surface area contributed by atoms with E-state index in [1.165, 1.54) is 6.07 Å². The Balaban J connectivity index is 3.41. The van der Waals surface area contributed by atoms with Crippen molar-refractivity contribution in [3.05, 3.63) is 28.2 Å². The average Bonchev–Trinajstić information content (AvgIpc) is 2.16. The number of ketones is 1. The number of Topliss-reactive ketones (excluding diaryl/α,β-unsaturated/α-hetero) is 1. The average molecular weight is 306 g/mol. The van der Waals surface area contributed by atoms with Crippen LogP contribution in [0.5, 0.6) is 0 Å². The zero-order valence-corrected chi connectivity index (χ0v) is 11.1. The summed E-state index contributed by atoms with van der Waals surface area (Å²) in [6.07, 6.45) is 1.21. The van der Waals surface area contributed by atoms with Crippen molar-refractivity contribution < 1.29 is 13.2 Å². The summed E-state index contributed by atoms with van der Waals surface area (Å²) < 4.78 is 23.5. The van der Waals surface area contributed by atoms with Gasteiger partial charge in [0, 0.05) is 17.1 Å². The highest BCUT2D eigenvalue weighted by molar-refractivity contribution is 9.10. The van der Waals surface area contributed by atoms with Crippen molar-refractivity contribution in [2.24, 2.45) is 5.73 Å². The topological polar surface area (TPSA) is 77.2 Å². The van der Waals surface area contributed by atoms with E-state index in [4.69, 9.17) is 5.73 Å². The van der Waals surface area contributed by atoms with Crippen LogP contribution in [0.3, 0.4) is 0 Å². The van der Waals surface area contributed by atoms with E-state index in [1.807, 2.05) is 0 Å². The Labute approximate surface area is 103 Å². The van der Waals surface area contributed by atoms with Gasteiger partial charge in [-0.1, -0.05) is 22.0 Å². The molecule has 0 aliphatic heterocycles. The predicted molar refractivity (Wildman–Crippen MR) is 65.3 cm³/mol. The summed E-state index contributed by atoms with van der Waals surface area (Å²) in [6.45, 7) is 0.198. The Bertz CT molecular complexity index is 511. The van der Waals surface area contributed by atoms with Crippen molar-refractivity contribution in [2.75, 3.05) is 12.8 Å². The van der Waals surface area contributed by atoms with E-state index < -0.39 is 9.84 Å². The highest BCUT2D eigenvalue weighted by Crippen LogP contribution is 2.25. The lowest BCUT2D eigenvalue weighted by Crippen LogP contribution is -2.13. The molecule has 88 valence electrons. The van der Waals surface area contributed by atoms with Crippen LogP contribution in [0.1, 0.15) is 16.8 Å². The van der Waals surface area contributed by atoms with Gasteiger partial charge in [0.2, 0.25) is 0 Å². The summed E-state index contributed by atoms with van der Waals surface area (Å²) in [7, 11) is -3.41. The standard InChI is InChI=1S/C10H12BrNO3S/c1-16(14,15)9-4-2-3-7(11)10(9)8(13)5-6-12/h2-4H,5-6,12H2,1H3. The van der Waals surface area contributed by atoms with Gasteiger partial charge in [-0.3, -0.25) is 4.79 Å². The van der Waals surface area contributed by atoms with Crippen LogP contribution in [0.25, 0.3) is 0 Å². The third-order valence-electron chi connectivity index (χ3n) is 2.03. The minimum absolute atomic E-state index is 0.0420. The number of hydrogen-bond acceptors (Lipinski definition) is 4. The second-order valence-electron chi connectivity index (χ2n) is 3.35. The molecule has 6 heteroatoms. The van der Waals surface area contributed by atoms with Crippen LogP contribution >= 0.6 is 15.9 Å². The van der Waals surface area contributed by atoms with Gasteiger partial charge < -0.3 is 5.73 Å². The Morgan fingerprint density at radius 2 is 2.06 bits per heavy atom. The van der Waals surface area contributed by atoms with E-state index >= 15 is 0 Å². The first-order valence-corrected chi connectivity index (χ1v) is 7.28. The number of benzene rings is 1. The van der Waals surface area contributed by atoms with E-state index in [1.54, 1.807) is 12.1 Å². The van der Waals surface area contributed by atoms with Gasteiger partial charge in [-0.05, 0) is 18.7 Å². The highest BCUT2D eigenvalue weighted by Gasteiger charge is 2.20. The number of sulfone groups is 1.